The number of nitrogens with two attached hydrogens (primary N) is 1. The zero-order valence-corrected chi connectivity index (χ0v) is 10.7. The Hall–Kier alpha value is -1.89. The van der Waals surface area contributed by atoms with Gasteiger partial charge in [0.1, 0.15) is 23.4 Å². The SMILES string of the molecule is Nc1oncc1-c1cc2c(c(Br)c1O)OCCO2. The highest BCUT2D eigenvalue weighted by molar-refractivity contribution is 9.10. The molecule has 0 bridgehead atoms. The van der Waals surface area contributed by atoms with Gasteiger partial charge in [0, 0.05) is 5.56 Å². The molecule has 0 saturated heterocycles. The third-order valence-corrected chi connectivity index (χ3v) is 3.37. The third kappa shape index (κ3) is 1.59. The van der Waals surface area contributed by atoms with Gasteiger partial charge in [0.15, 0.2) is 11.5 Å². The van der Waals surface area contributed by atoms with Gasteiger partial charge >= 0.3 is 0 Å². The normalized spacial score (nSPS) is 13.6. The summed E-state index contributed by atoms with van der Waals surface area (Å²) in [6, 6.07) is 1.65. The summed E-state index contributed by atoms with van der Waals surface area (Å²) < 4.78 is 16.1. The lowest BCUT2D eigenvalue weighted by atomic mass is 10.1. The first-order chi connectivity index (χ1) is 8.68. The van der Waals surface area contributed by atoms with Gasteiger partial charge < -0.3 is 24.8 Å². The summed E-state index contributed by atoms with van der Waals surface area (Å²) in [6.07, 6.45) is 1.44. The molecule has 6 nitrogen and oxygen atoms in total. The number of benzene rings is 1. The highest BCUT2D eigenvalue weighted by atomic mass is 79.9. The summed E-state index contributed by atoms with van der Waals surface area (Å²) >= 11 is 3.28. The summed E-state index contributed by atoms with van der Waals surface area (Å²) in [5.41, 5.74) is 6.62. The van der Waals surface area contributed by atoms with Crippen LogP contribution in [0.3, 0.4) is 0 Å². The fourth-order valence-electron chi connectivity index (χ4n) is 1.79. The van der Waals surface area contributed by atoms with E-state index in [0.29, 0.717) is 40.3 Å². The second-order valence-corrected chi connectivity index (χ2v) is 4.51. The van der Waals surface area contributed by atoms with Crippen LogP contribution in [0.5, 0.6) is 17.2 Å². The number of phenolic OH excluding ortho intramolecular Hbond substituents is 1. The topological polar surface area (TPSA) is 90.7 Å². The van der Waals surface area contributed by atoms with E-state index in [4.69, 9.17) is 19.7 Å². The molecule has 0 spiro atoms. The van der Waals surface area contributed by atoms with Crippen LogP contribution in [0.4, 0.5) is 5.88 Å². The Morgan fingerprint density at radius 1 is 1.28 bits per heavy atom. The van der Waals surface area contributed by atoms with E-state index >= 15 is 0 Å². The number of nitrogens with zero attached hydrogens (tertiary/aromatic N) is 1. The van der Waals surface area contributed by atoms with E-state index in [-0.39, 0.29) is 11.6 Å². The van der Waals surface area contributed by atoms with Crippen molar-refractivity contribution in [1.29, 1.82) is 0 Å². The highest BCUT2D eigenvalue weighted by Crippen LogP contribution is 2.49. The van der Waals surface area contributed by atoms with E-state index in [9.17, 15) is 5.11 Å². The largest absolute Gasteiger partial charge is 0.506 e. The third-order valence-electron chi connectivity index (χ3n) is 2.64. The van der Waals surface area contributed by atoms with Gasteiger partial charge in [0.05, 0.1) is 11.8 Å². The number of nitrogen functional groups attached to an aromatic ring is 1. The molecule has 0 radical (unpaired) electrons. The quantitative estimate of drug-likeness (QED) is 0.838. The predicted octanol–water partition coefficient (Wildman–Crippen LogP) is 2.16. The van der Waals surface area contributed by atoms with Gasteiger partial charge in [-0.2, -0.15) is 0 Å². The van der Waals surface area contributed by atoms with Crippen LogP contribution in [0.1, 0.15) is 0 Å². The summed E-state index contributed by atoms with van der Waals surface area (Å²) in [7, 11) is 0. The number of halogens is 1. The van der Waals surface area contributed by atoms with Crippen molar-refractivity contribution in [2.75, 3.05) is 18.9 Å². The van der Waals surface area contributed by atoms with Gasteiger partial charge in [-0.05, 0) is 22.0 Å². The maximum absolute atomic E-state index is 10.1. The first-order valence-corrected chi connectivity index (χ1v) is 5.99. The van der Waals surface area contributed by atoms with Gasteiger partial charge in [0.25, 0.3) is 0 Å². The number of phenols is 1. The number of aromatic nitrogens is 1. The molecule has 0 aliphatic carbocycles. The maximum Gasteiger partial charge on any atom is 0.230 e. The Bertz CT molecular complexity index is 611. The fraction of sp³-hybridized carbons (Fsp3) is 0.182. The first-order valence-electron chi connectivity index (χ1n) is 5.20. The van der Waals surface area contributed by atoms with Crippen molar-refractivity contribution in [3.63, 3.8) is 0 Å². The molecule has 1 aromatic heterocycles. The Labute approximate surface area is 110 Å². The molecule has 94 valence electrons. The molecule has 1 aliphatic rings. The van der Waals surface area contributed by atoms with Crippen molar-refractivity contribution >= 4 is 21.8 Å². The van der Waals surface area contributed by atoms with E-state index in [1.807, 2.05) is 0 Å². The standard InChI is InChI=1S/C11H9BrN2O4/c12-8-9(15)5(6-4-14-18-11(6)13)3-7-10(8)17-2-1-16-7/h3-4,15H,1-2,13H2. The molecule has 0 amide bonds. The van der Waals surface area contributed by atoms with Crippen molar-refractivity contribution in [3.8, 4) is 28.4 Å². The van der Waals surface area contributed by atoms with Crippen LogP contribution in [0, 0.1) is 0 Å². The molecule has 7 heteroatoms. The van der Waals surface area contributed by atoms with Crippen LogP contribution >= 0.6 is 15.9 Å². The number of aromatic hydroxyl groups is 1. The van der Waals surface area contributed by atoms with E-state index in [2.05, 4.69) is 21.1 Å². The van der Waals surface area contributed by atoms with Crippen molar-refractivity contribution < 1.29 is 19.1 Å². The average molecular weight is 313 g/mol. The second-order valence-electron chi connectivity index (χ2n) is 3.71. The van der Waals surface area contributed by atoms with Crippen LogP contribution in [-0.4, -0.2) is 23.5 Å². The van der Waals surface area contributed by atoms with Crippen molar-refractivity contribution in [2.45, 2.75) is 0 Å². The van der Waals surface area contributed by atoms with Gasteiger partial charge in [0.2, 0.25) is 5.88 Å². The number of ether oxygens (including phenoxy) is 2. The Kier molecular flexibility index (Phi) is 2.55. The number of rotatable bonds is 1. The van der Waals surface area contributed by atoms with E-state index in [1.165, 1.54) is 6.20 Å². The summed E-state index contributed by atoms with van der Waals surface area (Å²) in [4.78, 5) is 0. The van der Waals surface area contributed by atoms with Crippen molar-refractivity contribution in [2.24, 2.45) is 0 Å². The molecule has 1 aromatic carbocycles. The highest BCUT2D eigenvalue weighted by Gasteiger charge is 2.23. The molecular formula is C11H9BrN2O4. The predicted molar refractivity (Wildman–Crippen MR) is 66.7 cm³/mol. The molecular weight excluding hydrogens is 304 g/mol. The lowest BCUT2D eigenvalue weighted by Gasteiger charge is -2.21. The molecule has 3 rings (SSSR count). The minimum absolute atomic E-state index is 0.00847. The van der Waals surface area contributed by atoms with Crippen LogP contribution in [-0.2, 0) is 0 Å². The zero-order valence-electron chi connectivity index (χ0n) is 9.14. The average Bonchev–Trinajstić information content (AvgIpc) is 2.80. The monoisotopic (exact) mass is 312 g/mol. The maximum atomic E-state index is 10.1. The summed E-state index contributed by atoms with van der Waals surface area (Å²) in [5.74, 6) is 1.17. The second kappa shape index (κ2) is 4.09. The molecule has 2 aromatic rings. The van der Waals surface area contributed by atoms with E-state index in [0.717, 1.165) is 0 Å². The lowest BCUT2D eigenvalue weighted by Crippen LogP contribution is -2.15. The molecule has 3 N–H and O–H groups in total. The molecule has 0 saturated carbocycles. The first kappa shape index (κ1) is 11.2. The smallest absolute Gasteiger partial charge is 0.230 e. The van der Waals surface area contributed by atoms with Crippen molar-refractivity contribution in [3.05, 3.63) is 16.7 Å². The summed E-state index contributed by atoms with van der Waals surface area (Å²) in [6.45, 7) is 0.905. The van der Waals surface area contributed by atoms with Crippen LogP contribution in [0.25, 0.3) is 11.1 Å². The fourth-order valence-corrected chi connectivity index (χ4v) is 2.32. The Morgan fingerprint density at radius 3 is 2.78 bits per heavy atom. The minimum Gasteiger partial charge on any atom is -0.506 e. The Balaban J connectivity index is 2.22. The molecule has 18 heavy (non-hydrogen) atoms. The molecule has 1 aliphatic heterocycles. The molecule has 0 fully saturated rings. The number of hydrogen-bond acceptors (Lipinski definition) is 6. The number of fused-ring (bicyclic) bond motifs is 1. The number of hydrogen-bond donors (Lipinski definition) is 2. The Morgan fingerprint density at radius 2 is 2.06 bits per heavy atom. The van der Waals surface area contributed by atoms with Crippen molar-refractivity contribution in [1.82, 2.24) is 5.16 Å². The summed E-state index contributed by atoms with van der Waals surface area (Å²) in [5, 5.41) is 13.7. The van der Waals surface area contributed by atoms with Crippen LogP contribution in [0.2, 0.25) is 0 Å². The van der Waals surface area contributed by atoms with Gasteiger partial charge in [-0.3, -0.25) is 0 Å². The van der Waals surface area contributed by atoms with E-state index in [1.54, 1.807) is 6.07 Å². The van der Waals surface area contributed by atoms with Crippen LogP contribution < -0.4 is 15.2 Å². The molecule has 2 heterocycles. The zero-order chi connectivity index (χ0) is 12.7. The van der Waals surface area contributed by atoms with Gasteiger partial charge in [-0.25, -0.2) is 0 Å². The molecule has 0 unspecified atom stereocenters. The minimum atomic E-state index is 0.00847. The van der Waals surface area contributed by atoms with Crippen LogP contribution in [0.15, 0.2) is 21.3 Å². The lowest BCUT2D eigenvalue weighted by molar-refractivity contribution is 0.169. The number of anilines is 1. The van der Waals surface area contributed by atoms with Gasteiger partial charge in [-0.1, -0.05) is 5.16 Å². The van der Waals surface area contributed by atoms with E-state index < -0.39 is 0 Å². The molecule has 0 atom stereocenters. The van der Waals surface area contributed by atoms with Gasteiger partial charge in [-0.15, -0.1) is 0 Å².